The molecule has 3 heterocycles. The number of halogens is 2. The van der Waals surface area contributed by atoms with Crippen LogP contribution in [0.4, 0.5) is 10.1 Å². The first-order valence-electron chi connectivity index (χ1n) is 10.7. The van der Waals surface area contributed by atoms with E-state index in [2.05, 4.69) is 15.1 Å². The summed E-state index contributed by atoms with van der Waals surface area (Å²) in [5, 5.41) is 6.44. The Bertz CT molecular complexity index is 1560. The molecule has 0 unspecified atom stereocenters. The average molecular weight is 521 g/mol. The Kier molecular flexibility index (Phi) is 5.59. The van der Waals surface area contributed by atoms with E-state index in [1.165, 1.54) is 33.3 Å². The largest absolute Gasteiger partial charge is 0.470 e. The van der Waals surface area contributed by atoms with Crippen LogP contribution in [0.25, 0.3) is 16.1 Å². The summed E-state index contributed by atoms with van der Waals surface area (Å²) >= 11 is 6.15. The standard InChI is InChI=1S/C21H19ClFN7O4S/c1-11-3-5-14(23)17-12(2)19(20-30(18(11)17)26-21(31)34-20)29-10-28(8-7-25-27-24)15-9-13(22)4-6-16(15)35(29,32)33/h3-6,9,12,19H,7-8,10H2,1-2H3/p+1/t12-,19+/m1/s1. The highest BCUT2D eigenvalue weighted by Gasteiger charge is 2.53. The number of aryl methyl sites for hydroxylation is 1. The number of aromatic nitrogens is 2. The molecule has 0 saturated carbocycles. The number of benzene rings is 2. The molecule has 1 N–H and O–H groups in total. The highest BCUT2D eigenvalue weighted by atomic mass is 35.5. The molecule has 2 aromatic carbocycles. The number of rotatable bonds is 4. The van der Waals surface area contributed by atoms with E-state index in [-0.39, 0.29) is 36.1 Å². The van der Waals surface area contributed by atoms with E-state index in [9.17, 15) is 13.2 Å². The van der Waals surface area contributed by atoms with Gasteiger partial charge in [0.05, 0.1) is 17.9 Å². The minimum atomic E-state index is -4.14. The molecule has 0 spiro atoms. The molecule has 0 aliphatic carbocycles. The first-order valence-corrected chi connectivity index (χ1v) is 12.5. The maximum Gasteiger partial charge on any atom is 0.470 e. The first-order chi connectivity index (χ1) is 16.6. The van der Waals surface area contributed by atoms with E-state index in [1.807, 2.05) is 0 Å². The second kappa shape index (κ2) is 8.38. The van der Waals surface area contributed by atoms with Crippen LogP contribution in [0.5, 0.6) is 0 Å². The van der Waals surface area contributed by atoms with E-state index in [4.69, 9.17) is 21.5 Å². The monoisotopic (exact) mass is 520 g/mol. The van der Waals surface area contributed by atoms with E-state index < -0.39 is 33.6 Å². The topological polar surface area (TPSA) is 139 Å². The fourth-order valence-corrected chi connectivity index (χ4v) is 6.85. The minimum absolute atomic E-state index is 0.0127. The lowest BCUT2D eigenvalue weighted by Crippen LogP contribution is -2.55. The van der Waals surface area contributed by atoms with Gasteiger partial charge < -0.3 is 9.32 Å². The van der Waals surface area contributed by atoms with Gasteiger partial charge >= 0.3 is 11.6 Å². The first kappa shape index (κ1) is 23.4. The number of hydrogen-bond donors (Lipinski definition) is 1. The van der Waals surface area contributed by atoms with Gasteiger partial charge in [-0.05, 0) is 47.5 Å². The number of aromatic amines is 1. The zero-order valence-corrected chi connectivity index (χ0v) is 20.2. The predicted octanol–water partition coefficient (Wildman–Crippen LogP) is 3.28. The van der Waals surface area contributed by atoms with Crippen LogP contribution in [-0.4, -0.2) is 37.6 Å². The van der Waals surface area contributed by atoms with Crippen molar-refractivity contribution in [1.82, 2.24) is 9.40 Å². The fraction of sp³-hybridized carbons (Fsp3) is 0.333. The Morgan fingerprint density at radius 1 is 1.37 bits per heavy atom. The van der Waals surface area contributed by atoms with Gasteiger partial charge in [0, 0.05) is 34.5 Å². The number of fused-ring (bicyclic) bond motifs is 4. The van der Waals surface area contributed by atoms with Gasteiger partial charge in [0.25, 0.3) is 0 Å². The molecule has 182 valence electrons. The predicted molar refractivity (Wildman–Crippen MR) is 123 cm³/mol. The normalized spacial score (nSPS) is 20.5. The van der Waals surface area contributed by atoms with Crippen molar-refractivity contribution in [1.29, 1.82) is 0 Å². The van der Waals surface area contributed by atoms with E-state index >= 15 is 4.39 Å². The minimum Gasteiger partial charge on any atom is -0.356 e. The third-order valence-corrected chi connectivity index (χ3v) is 8.49. The zero-order chi connectivity index (χ0) is 25.1. The van der Waals surface area contributed by atoms with Crippen LogP contribution >= 0.6 is 11.6 Å². The molecule has 3 aromatic rings. The van der Waals surface area contributed by atoms with Gasteiger partial charge in [-0.3, -0.25) is 0 Å². The van der Waals surface area contributed by atoms with Crippen LogP contribution in [-0.2, 0) is 10.0 Å². The number of anilines is 1. The highest BCUT2D eigenvalue weighted by Crippen LogP contribution is 2.46. The third kappa shape index (κ3) is 3.59. The molecule has 0 bridgehead atoms. The van der Waals surface area contributed by atoms with Gasteiger partial charge in [-0.15, -0.1) is 0 Å². The molecule has 0 radical (unpaired) electrons. The summed E-state index contributed by atoms with van der Waals surface area (Å²) in [4.78, 5) is 16.7. The molecular formula is C21H20ClFN7O4S+. The van der Waals surface area contributed by atoms with Crippen molar-refractivity contribution in [2.75, 3.05) is 24.7 Å². The van der Waals surface area contributed by atoms with E-state index in [0.29, 0.717) is 22.0 Å². The second-order valence-corrected chi connectivity index (χ2v) is 10.7. The lowest BCUT2D eigenvalue weighted by atomic mass is 9.87. The summed E-state index contributed by atoms with van der Waals surface area (Å²) in [6.45, 7) is 3.57. The highest BCUT2D eigenvalue weighted by molar-refractivity contribution is 7.89. The maximum absolute atomic E-state index is 15.1. The molecule has 14 heteroatoms. The fourth-order valence-electron chi connectivity index (χ4n) is 4.88. The number of nitrogens with zero attached hydrogens (tertiary/aromatic N) is 6. The van der Waals surface area contributed by atoms with Crippen molar-refractivity contribution in [2.45, 2.75) is 30.7 Å². The molecule has 2 atom stereocenters. The Balaban J connectivity index is 1.71. The zero-order valence-electron chi connectivity index (χ0n) is 18.6. The van der Waals surface area contributed by atoms with Crippen LogP contribution in [0, 0.1) is 12.7 Å². The average Bonchev–Trinajstić information content (AvgIpc) is 3.19. The van der Waals surface area contributed by atoms with Crippen LogP contribution in [0.15, 0.2) is 49.6 Å². The van der Waals surface area contributed by atoms with Crippen molar-refractivity contribution in [2.24, 2.45) is 5.11 Å². The number of hydrogen-bond acceptors (Lipinski definition) is 6. The summed E-state index contributed by atoms with van der Waals surface area (Å²) < 4.78 is 50.8. The van der Waals surface area contributed by atoms with Crippen molar-refractivity contribution in [3.05, 3.63) is 79.2 Å². The Morgan fingerprint density at radius 2 is 2.14 bits per heavy atom. The summed E-state index contributed by atoms with van der Waals surface area (Å²) in [6.07, 6.45) is 0. The Labute approximate surface area is 204 Å². The van der Waals surface area contributed by atoms with Crippen molar-refractivity contribution in [3.8, 4) is 5.69 Å². The molecule has 0 fully saturated rings. The van der Waals surface area contributed by atoms with Crippen molar-refractivity contribution in [3.63, 3.8) is 0 Å². The molecule has 0 amide bonds. The molecular weight excluding hydrogens is 501 g/mol. The van der Waals surface area contributed by atoms with Crippen LogP contribution in [0.3, 0.4) is 0 Å². The maximum atomic E-state index is 15.1. The number of H-pyrrole nitrogens is 1. The van der Waals surface area contributed by atoms with E-state index in [0.717, 1.165) is 0 Å². The van der Waals surface area contributed by atoms with Crippen molar-refractivity contribution >= 4 is 27.3 Å². The van der Waals surface area contributed by atoms with Crippen LogP contribution in [0.1, 0.15) is 35.9 Å². The van der Waals surface area contributed by atoms with Gasteiger partial charge in [-0.25, -0.2) is 17.6 Å². The van der Waals surface area contributed by atoms with Gasteiger partial charge in [0.1, 0.15) is 10.7 Å². The molecule has 2 aliphatic rings. The second-order valence-electron chi connectivity index (χ2n) is 8.40. The summed E-state index contributed by atoms with van der Waals surface area (Å²) in [5.41, 5.74) is 10.4. The quantitative estimate of drug-likeness (QED) is 0.243. The van der Waals surface area contributed by atoms with Crippen LogP contribution in [0.2, 0.25) is 5.02 Å². The summed E-state index contributed by atoms with van der Waals surface area (Å²) in [7, 11) is -4.14. The number of azide groups is 1. The summed E-state index contributed by atoms with van der Waals surface area (Å²) in [5.74, 6) is -1.98. The lowest BCUT2D eigenvalue weighted by Gasteiger charge is -2.41. The SMILES string of the molecule is Cc1ccc(F)c2c1-[n+]1[nH]c(=O)oc1[C@@H](N1CN(CCN=[N+]=[N-])c3cc(Cl)ccc3S1(=O)=O)[C@@H]2C. The van der Waals surface area contributed by atoms with Gasteiger partial charge in [-0.1, -0.05) is 28.7 Å². The molecule has 1 aromatic heterocycles. The Morgan fingerprint density at radius 3 is 2.89 bits per heavy atom. The molecule has 5 rings (SSSR count). The molecule has 2 aliphatic heterocycles. The molecule has 11 nitrogen and oxygen atoms in total. The molecule has 35 heavy (non-hydrogen) atoms. The number of sulfonamides is 1. The van der Waals surface area contributed by atoms with Crippen LogP contribution < -0.4 is 15.3 Å². The van der Waals surface area contributed by atoms with Gasteiger partial charge in [-0.2, -0.15) is 4.31 Å². The summed E-state index contributed by atoms with van der Waals surface area (Å²) in [6, 6.07) is 6.24. The lowest BCUT2D eigenvalue weighted by molar-refractivity contribution is -0.675. The smallest absolute Gasteiger partial charge is 0.356 e. The van der Waals surface area contributed by atoms with E-state index in [1.54, 1.807) is 24.8 Å². The number of nitrogens with one attached hydrogen (secondary N) is 1. The van der Waals surface area contributed by atoms with Gasteiger partial charge in [0.15, 0.2) is 6.04 Å². The molecule has 0 saturated heterocycles. The third-order valence-electron chi connectivity index (χ3n) is 6.39. The van der Waals surface area contributed by atoms with Gasteiger partial charge in [0.2, 0.25) is 15.7 Å². The Hall–Kier alpha value is -3.38. The van der Waals surface area contributed by atoms with Crippen molar-refractivity contribution < 1.29 is 21.9 Å².